The van der Waals surface area contributed by atoms with Gasteiger partial charge in [0.1, 0.15) is 0 Å². The molecule has 0 spiro atoms. The van der Waals surface area contributed by atoms with Crippen LogP contribution in [0.5, 0.6) is 0 Å². The molecular weight excluding hydrogens is 616 g/mol. The number of thiol groups is 1. The Kier molecular flexibility index (Phi) is 14.3. The van der Waals surface area contributed by atoms with Crippen molar-refractivity contribution in [2.75, 3.05) is 6.54 Å². The topological polar surface area (TPSA) is 203 Å². The van der Waals surface area contributed by atoms with Gasteiger partial charge in [0.25, 0.3) is 11.8 Å². The minimum absolute atomic E-state index is 0.0189. The molecule has 5 atom stereocenters. The van der Waals surface area contributed by atoms with Crippen LogP contribution in [0.15, 0.2) is 0 Å². The molecule has 5 unspecified atom stereocenters. The first-order valence-electron chi connectivity index (χ1n) is 15.6. The molecule has 0 aliphatic carbocycles. The zero-order valence-corrected chi connectivity index (χ0v) is 29.5. The maximum atomic E-state index is 13.8. The molecule has 1 aliphatic rings. The maximum Gasteiger partial charge on any atom is 0.336 e. The lowest BCUT2D eigenvalue weighted by molar-refractivity contribution is -0.204. The fourth-order valence-electron chi connectivity index (χ4n) is 5.83. The first kappa shape index (κ1) is 40.8. The summed E-state index contributed by atoms with van der Waals surface area (Å²) in [7, 11) is 0. The molecule has 0 aromatic rings. The number of nitriles is 1. The molecule has 1 aliphatic heterocycles. The molecule has 0 aromatic carbocycles. The lowest BCUT2D eigenvalue weighted by Crippen LogP contribution is -2.51. The summed E-state index contributed by atoms with van der Waals surface area (Å²) in [4.78, 5) is 81.9. The van der Waals surface area contributed by atoms with Gasteiger partial charge in [0.15, 0.2) is 0 Å². The van der Waals surface area contributed by atoms with E-state index in [0.29, 0.717) is 5.06 Å². The summed E-state index contributed by atoms with van der Waals surface area (Å²) in [6, 6.07) is 1.89. The quantitative estimate of drug-likeness (QED) is 0.107. The third-order valence-electron chi connectivity index (χ3n) is 8.50. The Hall–Kier alpha value is -3.18. The van der Waals surface area contributed by atoms with Gasteiger partial charge in [0.05, 0.1) is 28.3 Å². The smallest absolute Gasteiger partial charge is 0.336 e. The van der Waals surface area contributed by atoms with Crippen molar-refractivity contribution in [3.63, 3.8) is 0 Å². The monoisotopic (exact) mass is 668 g/mol. The molecule has 0 saturated carbocycles. The fourth-order valence-corrected chi connectivity index (χ4v) is 6.31. The van der Waals surface area contributed by atoms with E-state index in [1.165, 1.54) is 13.8 Å². The van der Waals surface area contributed by atoms with Crippen LogP contribution in [0.3, 0.4) is 0 Å². The molecular formula is C32H52N4O9S. The Morgan fingerprint density at radius 1 is 0.978 bits per heavy atom. The standard InChI is InChI=1S/C32H52N4O9S/c1-19(2)35-26(42)21(30(6,7)17-32(9,46)28(44)34-16-20(3)37)14-29(4,5)22(15-31(8,18-33)13-12-25(40)41)27(43)45-36-23(38)10-11-24(36)39/h19-22,37,46H,10-17H2,1-9H3,(H,34,44)(H,35,42)(H,40,41). The number of rotatable bonds is 18. The highest BCUT2D eigenvalue weighted by Crippen LogP contribution is 2.48. The third-order valence-corrected chi connectivity index (χ3v) is 8.86. The van der Waals surface area contributed by atoms with Crippen LogP contribution >= 0.6 is 12.6 Å². The van der Waals surface area contributed by atoms with E-state index >= 15 is 0 Å². The molecule has 260 valence electrons. The zero-order valence-electron chi connectivity index (χ0n) is 28.6. The van der Waals surface area contributed by atoms with Crippen molar-refractivity contribution in [2.24, 2.45) is 28.1 Å². The number of hydroxylamine groups is 2. The minimum atomic E-state index is -1.31. The van der Waals surface area contributed by atoms with E-state index in [0.717, 1.165) is 0 Å². The first-order valence-corrected chi connectivity index (χ1v) is 16.0. The molecule has 4 amide bonds. The predicted molar refractivity (Wildman–Crippen MR) is 172 cm³/mol. The third kappa shape index (κ3) is 11.9. The second-order valence-electron chi connectivity index (χ2n) is 14.7. The Morgan fingerprint density at radius 3 is 1.98 bits per heavy atom. The Bertz CT molecular complexity index is 1190. The molecule has 13 nitrogen and oxygen atoms in total. The average Bonchev–Trinajstić information content (AvgIpc) is 3.23. The number of carboxylic acids is 1. The number of nitrogens with zero attached hydrogens (tertiary/aromatic N) is 2. The highest BCUT2D eigenvalue weighted by atomic mass is 32.1. The number of carbonyl (C=O) groups excluding carboxylic acids is 5. The number of carboxylic acid groups (broad SMARTS) is 1. The van der Waals surface area contributed by atoms with Crippen molar-refractivity contribution in [1.82, 2.24) is 15.7 Å². The number of hydrogen-bond acceptors (Lipinski definition) is 10. The van der Waals surface area contributed by atoms with Crippen molar-refractivity contribution >= 4 is 48.2 Å². The van der Waals surface area contributed by atoms with Crippen molar-refractivity contribution < 1.29 is 43.8 Å². The van der Waals surface area contributed by atoms with Gasteiger partial charge in [-0.1, -0.05) is 27.7 Å². The van der Waals surface area contributed by atoms with E-state index in [4.69, 9.17) is 4.84 Å². The SMILES string of the molecule is CC(O)CNC(=O)C(C)(S)CC(C)(C)C(CC(C)(C)C(CC(C)(C#N)CCC(=O)O)C(=O)ON1C(=O)CCC1=O)C(=O)NC(C)C. The summed E-state index contributed by atoms with van der Waals surface area (Å²) in [6.45, 7) is 15.3. The van der Waals surface area contributed by atoms with Crippen molar-refractivity contribution in [3.8, 4) is 6.07 Å². The van der Waals surface area contributed by atoms with Crippen LogP contribution in [0.2, 0.25) is 0 Å². The molecule has 0 aromatic heterocycles. The normalized spacial score (nSPS) is 18.5. The lowest BCUT2D eigenvalue weighted by atomic mass is 9.61. The van der Waals surface area contributed by atoms with Crippen molar-refractivity contribution in [1.29, 1.82) is 5.26 Å². The number of amides is 4. The summed E-state index contributed by atoms with van der Waals surface area (Å²) in [5.41, 5.74) is -3.34. The molecule has 1 heterocycles. The average molecular weight is 669 g/mol. The van der Waals surface area contributed by atoms with E-state index in [-0.39, 0.29) is 63.4 Å². The largest absolute Gasteiger partial charge is 0.481 e. The van der Waals surface area contributed by atoms with Gasteiger partial charge in [-0.15, -0.1) is 5.06 Å². The molecule has 0 bridgehead atoms. The summed E-state index contributed by atoms with van der Waals surface area (Å²) in [5.74, 6) is -6.19. The van der Waals surface area contributed by atoms with Crippen LogP contribution in [0, 0.1) is 39.4 Å². The summed E-state index contributed by atoms with van der Waals surface area (Å²) in [6.07, 6.45) is -1.45. The second-order valence-corrected chi connectivity index (χ2v) is 15.7. The number of carbonyl (C=O) groups is 6. The number of aliphatic hydroxyl groups is 1. The Balaban J connectivity index is 3.60. The molecule has 46 heavy (non-hydrogen) atoms. The van der Waals surface area contributed by atoms with Gasteiger partial charge < -0.3 is 25.7 Å². The van der Waals surface area contributed by atoms with Gasteiger partial charge in [-0.3, -0.25) is 24.0 Å². The van der Waals surface area contributed by atoms with Crippen molar-refractivity contribution in [3.05, 3.63) is 0 Å². The zero-order chi connectivity index (χ0) is 35.8. The van der Waals surface area contributed by atoms with E-state index in [9.17, 15) is 44.2 Å². The number of nitrogens with one attached hydrogen (secondary N) is 2. The van der Waals surface area contributed by atoms with Gasteiger partial charge in [-0.05, 0) is 71.1 Å². The highest BCUT2D eigenvalue weighted by molar-refractivity contribution is 7.82. The van der Waals surface area contributed by atoms with Crippen molar-refractivity contribution in [2.45, 2.75) is 124 Å². The van der Waals surface area contributed by atoms with Gasteiger partial charge >= 0.3 is 11.9 Å². The lowest BCUT2D eigenvalue weighted by Gasteiger charge is -2.44. The molecule has 1 saturated heterocycles. The predicted octanol–water partition coefficient (Wildman–Crippen LogP) is 3.15. The number of imide groups is 1. The molecule has 4 N–H and O–H groups in total. The van der Waals surface area contributed by atoms with Gasteiger partial charge in [0.2, 0.25) is 11.8 Å². The summed E-state index contributed by atoms with van der Waals surface area (Å²) < 4.78 is -1.26. The fraction of sp³-hybridized carbons (Fsp3) is 0.781. The molecule has 14 heteroatoms. The van der Waals surface area contributed by atoms with Crippen LogP contribution in [0.4, 0.5) is 0 Å². The molecule has 1 fully saturated rings. The van der Waals surface area contributed by atoms with Gasteiger partial charge in [-0.2, -0.15) is 17.9 Å². The Labute approximate surface area is 277 Å². The van der Waals surface area contributed by atoms with Crippen LogP contribution in [-0.4, -0.2) is 74.3 Å². The van der Waals surface area contributed by atoms with E-state index in [1.807, 2.05) is 13.8 Å². The van der Waals surface area contributed by atoms with Crippen LogP contribution in [-0.2, 0) is 33.6 Å². The van der Waals surface area contributed by atoms with Gasteiger partial charge in [0, 0.05) is 37.8 Å². The number of aliphatic hydroxyl groups excluding tert-OH is 1. The number of aliphatic carboxylic acids is 1. The van der Waals surface area contributed by atoms with Crippen LogP contribution in [0.25, 0.3) is 0 Å². The van der Waals surface area contributed by atoms with E-state index < -0.39 is 68.6 Å². The summed E-state index contributed by atoms with van der Waals surface area (Å²) >= 11 is 4.63. The highest BCUT2D eigenvalue weighted by Gasteiger charge is 2.50. The summed E-state index contributed by atoms with van der Waals surface area (Å²) in [5, 5.41) is 35.0. The minimum Gasteiger partial charge on any atom is -0.481 e. The second kappa shape index (κ2) is 16.1. The number of hydrogen-bond donors (Lipinski definition) is 5. The maximum absolute atomic E-state index is 13.8. The van der Waals surface area contributed by atoms with Gasteiger partial charge in [-0.25, -0.2) is 4.79 Å². The van der Waals surface area contributed by atoms with Crippen LogP contribution in [0.1, 0.15) is 107 Å². The molecule has 1 rings (SSSR count). The van der Waals surface area contributed by atoms with E-state index in [1.54, 1.807) is 34.6 Å². The molecule has 0 radical (unpaired) electrons. The van der Waals surface area contributed by atoms with E-state index in [2.05, 4.69) is 29.3 Å². The first-order chi connectivity index (χ1) is 20.9. The Morgan fingerprint density at radius 2 is 1.52 bits per heavy atom. The van der Waals surface area contributed by atoms with Crippen LogP contribution < -0.4 is 10.6 Å².